The highest BCUT2D eigenvalue weighted by Crippen LogP contribution is 2.25. The molecule has 0 saturated carbocycles. The molecule has 1 aromatic carbocycles. The largest absolute Gasteiger partial charge is 0.360 e. The third kappa shape index (κ3) is 2.47. The fourth-order valence-electron chi connectivity index (χ4n) is 1.65. The van der Waals surface area contributed by atoms with Crippen molar-refractivity contribution in [1.82, 2.24) is 20.0 Å². The van der Waals surface area contributed by atoms with Gasteiger partial charge >= 0.3 is 5.56 Å². The molecule has 0 aliphatic rings. The third-order valence-electron chi connectivity index (χ3n) is 2.56. The fourth-order valence-corrected chi connectivity index (χ4v) is 2.02. The van der Waals surface area contributed by atoms with Crippen LogP contribution in [0.25, 0.3) is 10.5 Å². The highest BCUT2D eigenvalue weighted by atomic mass is 32.1. The molecule has 2 heterocycles. The predicted molar refractivity (Wildman–Crippen MR) is 76.7 cm³/mol. The van der Waals surface area contributed by atoms with Gasteiger partial charge in [0.1, 0.15) is 5.51 Å². The highest BCUT2D eigenvalue weighted by molar-refractivity contribution is 7.13. The first-order valence-electron chi connectivity index (χ1n) is 5.75. The van der Waals surface area contributed by atoms with E-state index >= 15 is 0 Å². The Bertz CT molecular complexity index is 871. The van der Waals surface area contributed by atoms with E-state index in [9.17, 15) is 4.79 Å². The monoisotopic (exact) mass is 297 g/mol. The van der Waals surface area contributed by atoms with E-state index in [-0.39, 0.29) is 11.5 Å². The van der Waals surface area contributed by atoms with E-state index in [1.165, 1.54) is 21.5 Å². The molecule has 0 fully saturated rings. The molecule has 0 aliphatic carbocycles. The zero-order chi connectivity index (χ0) is 14.7. The van der Waals surface area contributed by atoms with Crippen molar-refractivity contribution in [3.63, 3.8) is 0 Å². The maximum atomic E-state index is 12.3. The number of nitrogens with one attached hydrogen (secondary N) is 1. The predicted octanol–water partition coefficient (Wildman–Crippen LogP) is 2.98. The van der Waals surface area contributed by atoms with Crippen molar-refractivity contribution in [3.05, 3.63) is 57.6 Å². The van der Waals surface area contributed by atoms with Gasteiger partial charge in [0.25, 0.3) is 10.9 Å². The Morgan fingerprint density at radius 2 is 2.10 bits per heavy atom. The molecule has 0 saturated heterocycles. The smallest absolute Gasteiger partial charge is 0.303 e. The highest BCUT2D eigenvalue weighted by Gasteiger charge is 2.16. The summed E-state index contributed by atoms with van der Waals surface area (Å²) in [4.78, 5) is 15.6. The maximum absolute atomic E-state index is 12.3. The van der Waals surface area contributed by atoms with Crippen molar-refractivity contribution in [2.75, 3.05) is 0 Å². The van der Waals surface area contributed by atoms with E-state index in [2.05, 4.69) is 30.4 Å². The minimum absolute atomic E-state index is 0.0251. The average Bonchev–Trinajstić information content (AvgIpc) is 3.14. The molecule has 3 rings (SSSR count). The molecule has 1 N–H and O–H groups in total. The van der Waals surface area contributed by atoms with E-state index < -0.39 is 5.56 Å². The molecule has 0 unspecified atom stereocenters. The minimum atomic E-state index is -0.444. The summed E-state index contributed by atoms with van der Waals surface area (Å²) >= 11 is 1.19. The Balaban J connectivity index is 2.08. The summed E-state index contributed by atoms with van der Waals surface area (Å²) in [5.74, 6) is 0.0251. The Kier molecular flexibility index (Phi) is 3.36. The Morgan fingerprint density at radius 3 is 2.76 bits per heavy atom. The Labute approximate surface area is 122 Å². The summed E-state index contributed by atoms with van der Waals surface area (Å²) in [6.07, 6.45) is 0. The standard InChI is InChI=1S/C12H7N7OS/c1-13-10-9(15-17-12-16-14-7-21-12)11(20)19(18-10)8-5-3-2-4-6-8/h2-7,18H. The van der Waals surface area contributed by atoms with Crippen molar-refractivity contribution < 1.29 is 0 Å². The number of H-pyrrole nitrogens is 1. The number of aromatic amines is 1. The van der Waals surface area contributed by atoms with Crippen LogP contribution in [0.5, 0.6) is 0 Å². The molecule has 0 aliphatic heterocycles. The van der Waals surface area contributed by atoms with Crippen LogP contribution in [0.3, 0.4) is 0 Å². The number of para-hydroxylation sites is 1. The van der Waals surface area contributed by atoms with Gasteiger partial charge in [-0.05, 0) is 12.1 Å². The summed E-state index contributed by atoms with van der Waals surface area (Å²) in [7, 11) is 0. The molecular formula is C12H7N7OS. The Morgan fingerprint density at radius 1 is 1.29 bits per heavy atom. The maximum Gasteiger partial charge on any atom is 0.303 e. The van der Waals surface area contributed by atoms with E-state index in [4.69, 9.17) is 6.57 Å². The van der Waals surface area contributed by atoms with Crippen LogP contribution in [0.1, 0.15) is 0 Å². The van der Waals surface area contributed by atoms with Gasteiger partial charge in [-0.3, -0.25) is 4.79 Å². The zero-order valence-electron chi connectivity index (χ0n) is 10.5. The first-order chi connectivity index (χ1) is 10.3. The van der Waals surface area contributed by atoms with Crippen LogP contribution in [0.15, 0.2) is 50.9 Å². The van der Waals surface area contributed by atoms with Gasteiger partial charge in [0.05, 0.1) is 5.69 Å². The second kappa shape index (κ2) is 5.48. The first-order valence-corrected chi connectivity index (χ1v) is 6.63. The summed E-state index contributed by atoms with van der Waals surface area (Å²) < 4.78 is 1.25. The van der Waals surface area contributed by atoms with E-state index in [1.54, 1.807) is 24.3 Å². The number of rotatable bonds is 3. The fraction of sp³-hybridized carbons (Fsp3) is 0. The second-order valence-electron chi connectivity index (χ2n) is 3.82. The van der Waals surface area contributed by atoms with Crippen LogP contribution in [0.2, 0.25) is 0 Å². The first kappa shape index (κ1) is 12.9. The molecule has 102 valence electrons. The molecule has 0 radical (unpaired) electrons. The molecule has 21 heavy (non-hydrogen) atoms. The third-order valence-corrected chi connectivity index (χ3v) is 3.13. The number of aromatic nitrogens is 4. The number of benzene rings is 1. The van der Waals surface area contributed by atoms with Gasteiger partial charge in [-0.1, -0.05) is 36.1 Å². The van der Waals surface area contributed by atoms with Crippen LogP contribution in [-0.2, 0) is 0 Å². The lowest BCUT2D eigenvalue weighted by Gasteiger charge is -1.96. The number of azo groups is 1. The minimum Gasteiger partial charge on any atom is -0.360 e. The lowest BCUT2D eigenvalue weighted by Crippen LogP contribution is -2.13. The summed E-state index contributed by atoms with van der Waals surface area (Å²) in [5.41, 5.74) is 1.62. The van der Waals surface area contributed by atoms with Crippen LogP contribution < -0.4 is 5.56 Å². The van der Waals surface area contributed by atoms with Crippen LogP contribution in [0.4, 0.5) is 16.6 Å². The topological polar surface area (TPSA) is 92.7 Å². The number of nitrogens with zero attached hydrogens (tertiary/aromatic N) is 6. The van der Waals surface area contributed by atoms with Crippen molar-refractivity contribution in [2.24, 2.45) is 10.2 Å². The van der Waals surface area contributed by atoms with E-state index in [1.807, 2.05) is 6.07 Å². The molecule has 2 aromatic heterocycles. The molecular weight excluding hydrogens is 290 g/mol. The van der Waals surface area contributed by atoms with Gasteiger partial charge < -0.3 is 4.85 Å². The molecule has 0 amide bonds. The van der Waals surface area contributed by atoms with Gasteiger partial charge in [0.15, 0.2) is 5.69 Å². The Hall–Kier alpha value is -3.12. The molecule has 0 atom stereocenters. The zero-order valence-corrected chi connectivity index (χ0v) is 11.3. The quantitative estimate of drug-likeness (QED) is 0.595. The lowest BCUT2D eigenvalue weighted by atomic mass is 10.3. The van der Waals surface area contributed by atoms with Crippen LogP contribution in [0, 0.1) is 6.57 Å². The van der Waals surface area contributed by atoms with Gasteiger partial charge in [-0.2, -0.15) is 9.80 Å². The van der Waals surface area contributed by atoms with E-state index in [0.29, 0.717) is 10.8 Å². The van der Waals surface area contributed by atoms with Crippen LogP contribution in [-0.4, -0.2) is 20.0 Å². The molecule has 9 heteroatoms. The normalized spacial score (nSPS) is 10.8. The van der Waals surface area contributed by atoms with E-state index in [0.717, 1.165) is 0 Å². The summed E-state index contributed by atoms with van der Waals surface area (Å²) in [5, 5.41) is 18.0. The molecule has 3 aromatic rings. The summed E-state index contributed by atoms with van der Waals surface area (Å²) in [6, 6.07) is 8.92. The van der Waals surface area contributed by atoms with Gasteiger partial charge in [-0.15, -0.1) is 15.3 Å². The lowest BCUT2D eigenvalue weighted by molar-refractivity contribution is 0.855. The average molecular weight is 297 g/mol. The van der Waals surface area contributed by atoms with Crippen molar-refractivity contribution in [2.45, 2.75) is 0 Å². The number of hydrogen-bond donors (Lipinski definition) is 1. The van der Waals surface area contributed by atoms with Crippen molar-refractivity contribution in [1.29, 1.82) is 0 Å². The number of hydrogen-bond acceptors (Lipinski definition) is 6. The van der Waals surface area contributed by atoms with Crippen molar-refractivity contribution in [3.8, 4) is 5.69 Å². The van der Waals surface area contributed by atoms with Crippen LogP contribution >= 0.6 is 11.3 Å². The van der Waals surface area contributed by atoms with Gasteiger partial charge in [0, 0.05) is 0 Å². The summed E-state index contributed by atoms with van der Waals surface area (Å²) in [6.45, 7) is 7.12. The molecule has 0 spiro atoms. The van der Waals surface area contributed by atoms with Gasteiger partial charge in [-0.25, -0.2) is 5.10 Å². The SMILES string of the molecule is [C-]#[N+]c1[nH]n(-c2ccccc2)c(=O)c1N=Nc1nncs1. The second-order valence-corrected chi connectivity index (χ2v) is 4.63. The van der Waals surface area contributed by atoms with Gasteiger partial charge in [0.2, 0.25) is 0 Å². The molecule has 0 bridgehead atoms. The van der Waals surface area contributed by atoms with Crippen molar-refractivity contribution >= 4 is 28.0 Å². The molecule has 8 nitrogen and oxygen atoms in total.